The molecule has 2 heterocycles. The van der Waals surface area contributed by atoms with E-state index in [1.807, 2.05) is 32.6 Å². The maximum absolute atomic E-state index is 12.5. The fourth-order valence-electron chi connectivity index (χ4n) is 2.51. The molecule has 1 saturated heterocycles. The van der Waals surface area contributed by atoms with E-state index in [9.17, 15) is 4.79 Å². The van der Waals surface area contributed by atoms with Gasteiger partial charge < -0.3 is 10.6 Å². The van der Waals surface area contributed by atoms with Crippen molar-refractivity contribution in [2.24, 2.45) is 11.1 Å². The Balaban J connectivity index is 2.05. The van der Waals surface area contributed by atoms with Crippen LogP contribution >= 0.6 is 11.3 Å². The number of hydrogen-bond acceptors (Lipinski definition) is 4. The van der Waals surface area contributed by atoms with Crippen LogP contribution in [0.25, 0.3) is 0 Å². The minimum atomic E-state index is -0.431. The van der Waals surface area contributed by atoms with Gasteiger partial charge in [0.1, 0.15) is 0 Å². The van der Waals surface area contributed by atoms with Crippen LogP contribution in [0.1, 0.15) is 50.2 Å². The van der Waals surface area contributed by atoms with E-state index in [1.54, 1.807) is 11.3 Å². The molecule has 0 radical (unpaired) electrons. The Kier molecular flexibility index (Phi) is 4.49. The maximum Gasteiger partial charge on any atom is 0.240 e. The number of likely N-dealkylation sites (tertiary alicyclic amines) is 1. The molecule has 1 aromatic rings. The molecule has 2 N–H and O–H groups in total. The largest absolute Gasteiger partial charge is 0.341 e. The number of aryl methyl sites for hydroxylation is 1. The van der Waals surface area contributed by atoms with Gasteiger partial charge in [-0.15, -0.1) is 11.3 Å². The van der Waals surface area contributed by atoms with Gasteiger partial charge >= 0.3 is 0 Å². The topological polar surface area (TPSA) is 59.2 Å². The zero-order chi connectivity index (χ0) is 14.9. The van der Waals surface area contributed by atoms with Gasteiger partial charge in [0.25, 0.3) is 0 Å². The van der Waals surface area contributed by atoms with Crippen LogP contribution in [0.2, 0.25) is 0 Å². The third-order valence-electron chi connectivity index (χ3n) is 3.92. The summed E-state index contributed by atoms with van der Waals surface area (Å²) in [7, 11) is 0. The van der Waals surface area contributed by atoms with Gasteiger partial charge in [0.2, 0.25) is 5.91 Å². The summed E-state index contributed by atoms with van der Waals surface area (Å²) in [4.78, 5) is 19.0. The van der Waals surface area contributed by atoms with Gasteiger partial charge in [-0.2, -0.15) is 0 Å². The Hall–Kier alpha value is -0.940. The van der Waals surface area contributed by atoms with Crippen molar-refractivity contribution in [1.82, 2.24) is 9.88 Å². The smallest absolute Gasteiger partial charge is 0.240 e. The summed E-state index contributed by atoms with van der Waals surface area (Å²) in [6, 6.07) is -0.431. The average molecular weight is 295 g/mol. The molecule has 1 fully saturated rings. The molecule has 2 atom stereocenters. The van der Waals surface area contributed by atoms with Crippen LogP contribution in [0, 0.1) is 12.3 Å². The molecule has 0 saturated carbocycles. The van der Waals surface area contributed by atoms with Gasteiger partial charge in [-0.25, -0.2) is 4.98 Å². The normalized spacial score (nSPS) is 21.9. The average Bonchev–Trinajstić information content (AvgIpc) is 2.83. The lowest BCUT2D eigenvalue weighted by atomic mass is 9.86. The van der Waals surface area contributed by atoms with Gasteiger partial charge in [0.05, 0.1) is 11.0 Å². The number of hydrogen-bond donors (Lipinski definition) is 1. The third-order valence-corrected chi connectivity index (χ3v) is 5.04. The highest BCUT2D eigenvalue weighted by Gasteiger charge is 2.34. The summed E-state index contributed by atoms with van der Waals surface area (Å²) in [6.07, 6.45) is 2.15. The number of nitrogens with two attached hydrogens (primary N) is 1. The first kappa shape index (κ1) is 15.4. The molecule has 20 heavy (non-hydrogen) atoms. The summed E-state index contributed by atoms with van der Waals surface area (Å²) >= 11 is 1.70. The first-order chi connectivity index (χ1) is 9.29. The van der Waals surface area contributed by atoms with E-state index >= 15 is 0 Å². The van der Waals surface area contributed by atoms with E-state index in [0.717, 1.165) is 36.6 Å². The number of thiazole rings is 1. The van der Waals surface area contributed by atoms with Crippen molar-refractivity contribution in [3.8, 4) is 0 Å². The Morgan fingerprint density at radius 2 is 2.25 bits per heavy atom. The SMILES string of the molecule is Cc1csc(C2CCCN(C(=O)[C@@H](N)C(C)(C)C)C2)n1. The molecule has 1 aromatic heterocycles. The van der Waals surface area contributed by atoms with Crippen molar-refractivity contribution in [3.63, 3.8) is 0 Å². The number of carbonyl (C=O) groups is 1. The summed E-state index contributed by atoms with van der Waals surface area (Å²) in [5.41, 5.74) is 6.99. The predicted octanol–water partition coefficient (Wildman–Crippen LogP) is 2.53. The summed E-state index contributed by atoms with van der Waals surface area (Å²) < 4.78 is 0. The highest BCUT2D eigenvalue weighted by molar-refractivity contribution is 7.09. The zero-order valence-corrected chi connectivity index (χ0v) is 13.7. The molecule has 4 nitrogen and oxygen atoms in total. The molecule has 1 aliphatic heterocycles. The number of amides is 1. The molecule has 5 heteroatoms. The molecule has 0 bridgehead atoms. The molecular formula is C15H25N3OS. The highest BCUT2D eigenvalue weighted by Crippen LogP contribution is 2.30. The first-order valence-electron chi connectivity index (χ1n) is 7.25. The van der Waals surface area contributed by atoms with Crippen molar-refractivity contribution in [2.75, 3.05) is 13.1 Å². The molecular weight excluding hydrogens is 270 g/mol. The van der Waals surface area contributed by atoms with Gasteiger partial charge in [0.15, 0.2) is 0 Å². The molecule has 1 aliphatic rings. The Morgan fingerprint density at radius 3 is 2.80 bits per heavy atom. The summed E-state index contributed by atoms with van der Waals surface area (Å²) in [5, 5.41) is 3.24. The highest BCUT2D eigenvalue weighted by atomic mass is 32.1. The number of piperidine rings is 1. The number of nitrogens with zero attached hydrogens (tertiary/aromatic N) is 2. The molecule has 1 unspecified atom stereocenters. The molecule has 0 aliphatic carbocycles. The van der Waals surface area contributed by atoms with E-state index in [1.165, 1.54) is 0 Å². The second kappa shape index (κ2) is 5.82. The Morgan fingerprint density at radius 1 is 1.55 bits per heavy atom. The number of carbonyl (C=O) groups excluding carboxylic acids is 1. The number of aromatic nitrogens is 1. The van der Waals surface area contributed by atoms with Crippen molar-refractivity contribution >= 4 is 17.2 Å². The summed E-state index contributed by atoms with van der Waals surface area (Å²) in [5.74, 6) is 0.453. The lowest BCUT2D eigenvalue weighted by Crippen LogP contribution is -2.52. The van der Waals surface area contributed by atoms with Crippen LogP contribution in [0.4, 0.5) is 0 Å². The standard InChI is InChI=1S/C15H25N3OS/c1-10-9-20-13(17-10)11-6-5-7-18(8-11)14(19)12(16)15(2,3)4/h9,11-12H,5-8,16H2,1-4H3/t11?,12-/m1/s1. The van der Waals surface area contributed by atoms with Crippen molar-refractivity contribution in [3.05, 3.63) is 16.1 Å². The van der Waals surface area contributed by atoms with Gasteiger partial charge in [0, 0.05) is 30.1 Å². The van der Waals surface area contributed by atoms with Crippen molar-refractivity contribution < 1.29 is 4.79 Å². The molecule has 2 rings (SSSR count). The lowest BCUT2D eigenvalue weighted by Gasteiger charge is -2.36. The van der Waals surface area contributed by atoms with Gasteiger partial charge in [-0.3, -0.25) is 4.79 Å². The monoisotopic (exact) mass is 295 g/mol. The first-order valence-corrected chi connectivity index (χ1v) is 8.13. The number of rotatable bonds is 2. The Bertz CT molecular complexity index is 478. The second-order valence-corrected chi connectivity index (χ2v) is 7.68. The lowest BCUT2D eigenvalue weighted by molar-refractivity contribution is -0.136. The molecule has 112 valence electrons. The fourth-order valence-corrected chi connectivity index (χ4v) is 3.43. The van der Waals surface area contributed by atoms with Crippen LogP contribution in [-0.2, 0) is 4.79 Å². The van der Waals surface area contributed by atoms with Crippen LogP contribution in [0.15, 0.2) is 5.38 Å². The minimum absolute atomic E-state index is 0.0791. The molecule has 0 aromatic carbocycles. The van der Waals surface area contributed by atoms with Crippen LogP contribution in [-0.4, -0.2) is 34.9 Å². The zero-order valence-electron chi connectivity index (χ0n) is 12.8. The van der Waals surface area contributed by atoms with E-state index in [-0.39, 0.29) is 11.3 Å². The van der Waals surface area contributed by atoms with E-state index in [0.29, 0.717) is 5.92 Å². The van der Waals surface area contributed by atoms with Gasteiger partial charge in [-0.1, -0.05) is 20.8 Å². The van der Waals surface area contributed by atoms with Crippen LogP contribution in [0.3, 0.4) is 0 Å². The quantitative estimate of drug-likeness (QED) is 0.912. The van der Waals surface area contributed by atoms with Crippen molar-refractivity contribution in [2.45, 2.75) is 52.5 Å². The molecule has 0 spiro atoms. The van der Waals surface area contributed by atoms with Crippen LogP contribution < -0.4 is 5.73 Å². The third kappa shape index (κ3) is 3.38. The predicted molar refractivity (Wildman–Crippen MR) is 82.8 cm³/mol. The van der Waals surface area contributed by atoms with E-state index < -0.39 is 6.04 Å². The van der Waals surface area contributed by atoms with Crippen molar-refractivity contribution in [1.29, 1.82) is 0 Å². The van der Waals surface area contributed by atoms with E-state index in [4.69, 9.17) is 5.73 Å². The van der Waals surface area contributed by atoms with E-state index in [2.05, 4.69) is 10.4 Å². The maximum atomic E-state index is 12.5. The Labute approximate surface area is 125 Å². The fraction of sp³-hybridized carbons (Fsp3) is 0.733. The summed E-state index contributed by atoms with van der Waals surface area (Å²) in [6.45, 7) is 9.64. The molecule has 1 amide bonds. The second-order valence-electron chi connectivity index (χ2n) is 6.79. The minimum Gasteiger partial charge on any atom is -0.341 e. The van der Waals surface area contributed by atoms with Gasteiger partial charge in [-0.05, 0) is 25.2 Å². The van der Waals surface area contributed by atoms with Crippen LogP contribution in [0.5, 0.6) is 0 Å².